The van der Waals surface area contributed by atoms with Gasteiger partial charge in [-0.05, 0) is 23.0 Å². The molecule has 0 unspecified atom stereocenters. The fraction of sp³-hybridized carbons (Fsp3) is 0.632. The molecule has 0 heterocycles. The molecule has 1 fully saturated rings. The molecule has 0 N–H and O–H groups in total. The molecule has 0 atom stereocenters. The number of nitro groups is 1. The van der Waals surface area contributed by atoms with Gasteiger partial charge in [-0.1, -0.05) is 41.5 Å². The Balaban J connectivity index is 2.61. The van der Waals surface area contributed by atoms with E-state index in [0.717, 1.165) is 11.1 Å². The molecule has 0 aromatic heterocycles. The van der Waals surface area contributed by atoms with Crippen molar-refractivity contribution >= 4 is 5.97 Å². The molecule has 0 spiro atoms. The first-order valence-corrected chi connectivity index (χ1v) is 8.43. The Morgan fingerprint density at radius 1 is 1.08 bits per heavy atom. The van der Waals surface area contributed by atoms with Crippen LogP contribution in [0.15, 0.2) is 12.1 Å². The van der Waals surface area contributed by atoms with Gasteiger partial charge in [0.25, 0.3) is 0 Å². The average molecular weight is 349 g/mol. The summed E-state index contributed by atoms with van der Waals surface area (Å²) in [5.74, 6) is 0.308. The zero-order chi connectivity index (χ0) is 19.2. The number of carbonyl (C=O) groups is 1. The van der Waals surface area contributed by atoms with E-state index in [1.807, 2.05) is 53.7 Å². The third kappa shape index (κ3) is 3.62. The van der Waals surface area contributed by atoms with E-state index in [1.54, 1.807) is 7.11 Å². The Morgan fingerprint density at radius 3 is 1.80 bits per heavy atom. The van der Waals surface area contributed by atoms with Crippen LogP contribution in [-0.2, 0) is 15.6 Å². The van der Waals surface area contributed by atoms with E-state index in [-0.39, 0.29) is 23.7 Å². The van der Waals surface area contributed by atoms with E-state index in [2.05, 4.69) is 0 Å². The highest BCUT2D eigenvalue weighted by Crippen LogP contribution is 2.45. The molecule has 6 heteroatoms. The van der Waals surface area contributed by atoms with Gasteiger partial charge in [0.2, 0.25) is 0 Å². The Kier molecular flexibility index (Phi) is 4.61. The summed E-state index contributed by atoms with van der Waals surface area (Å²) in [4.78, 5) is 23.3. The minimum absolute atomic E-state index is 0.227. The molecule has 0 amide bonds. The van der Waals surface area contributed by atoms with Gasteiger partial charge in [0.1, 0.15) is 11.5 Å². The summed E-state index contributed by atoms with van der Waals surface area (Å²) in [5, 5.41) is 11.3. The molecular formula is C19H27NO5. The molecule has 1 aliphatic rings. The molecule has 1 aromatic rings. The first-order chi connectivity index (χ1) is 11.3. The minimum Gasteiger partial charge on any atom is -0.497 e. The topological polar surface area (TPSA) is 78.7 Å². The number of benzene rings is 1. The molecule has 2 rings (SSSR count). The molecule has 0 aliphatic heterocycles. The number of ether oxygens (including phenoxy) is 2. The lowest BCUT2D eigenvalue weighted by molar-refractivity contribution is -0.524. The summed E-state index contributed by atoms with van der Waals surface area (Å²) in [5.41, 5.74) is -0.636. The lowest BCUT2D eigenvalue weighted by atomic mass is 9.79. The van der Waals surface area contributed by atoms with Crippen molar-refractivity contribution in [2.24, 2.45) is 0 Å². The summed E-state index contributed by atoms with van der Waals surface area (Å²) in [6, 6.07) is 3.67. The van der Waals surface area contributed by atoms with Crippen molar-refractivity contribution in [2.45, 2.75) is 70.8 Å². The summed E-state index contributed by atoms with van der Waals surface area (Å²) < 4.78 is 11.1. The zero-order valence-electron chi connectivity index (χ0n) is 16.1. The second-order valence-corrected chi connectivity index (χ2v) is 8.73. The van der Waals surface area contributed by atoms with Crippen LogP contribution in [0.3, 0.4) is 0 Å². The molecule has 0 bridgehead atoms. The third-order valence-electron chi connectivity index (χ3n) is 4.56. The molecule has 25 heavy (non-hydrogen) atoms. The molecule has 138 valence electrons. The Hall–Kier alpha value is -2.11. The van der Waals surface area contributed by atoms with Gasteiger partial charge in [-0.15, -0.1) is 0 Å². The number of hydrogen-bond donors (Lipinski definition) is 0. The predicted molar refractivity (Wildman–Crippen MR) is 95.0 cm³/mol. The van der Waals surface area contributed by atoms with Crippen molar-refractivity contribution in [3.05, 3.63) is 33.4 Å². The first-order valence-electron chi connectivity index (χ1n) is 8.43. The summed E-state index contributed by atoms with van der Waals surface area (Å²) in [6.45, 7) is 12.0. The second-order valence-electron chi connectivity index (χ2n) is 8.73. The van der Waals surface area contributed by atoms with Crippen molar-refractivity contribution < 1.29 is 19.2 Å². The molecule has 0 radical (unpaired) electrons. The van der Waals surface area contributed by atoms with E-state index in [1.165, 1.54) is 0 Å². The SMILES string of the molecule is COc1cc(C(C)(C)C)c(OC(=O)C2([N+](=O)[O-])CC2)c(C(C)(C)C)c1. The van der Waals surface area contributed by atoms with Crippen molar-refractivity contribution in [1.82, 2.24) is 0 Å². The summed E-state index contributed by atoms with van der Waals surface area (Å²) >= 11 is 0. The van der Waals surface area contributed by atoms with Crippen LogP contribution in [0, 0.1) is 10.1 Å². The number of nitrogens with zero attached hydrogens (tertiary/aromatic N) is 1. The number of hydrogen-bond acceptors (Lipinski definition) is 5. The van der Waals surface area contributed by atoms with Crippen molar-refractivity contribution in [2.75, 3.05) is 7.11 Å². The largest absolute Gasteiger partial charge is 0.497 e. The average Bonchev–Trinajstić information content (AvgIpc) is 3.26. The van der Waals surface area contributed by atoms with Crippen molar-refractivity contribution in [1.29, 1.82) is 0 Å². The highest BCUT2D eigenvalue weighted by atomic mass is 16.6. The van der Waals surface area contributed by atoms with Gasteiger partial charge in [0.05, 0.1) is 7.11 Å². The standard InChI is InChI=1S/C19H27NO5/c1-17(2,3)13-10-12(24-7)11-14(18(4,5)6)15(13)25-16(21)19(8-9-19)20(22)23/h10-11H,8-9H2,1-7H3. The Labute approximate surface area is 148 Å². The third-order valence-corrected chi connectivity index (χ3v) is 4.56. The number of carbonyl (C=O) groups excluding carboxylic acids is 1. The highest BCUT2D eigenvalue weighted by molar-refractivity contribution is 5.85. The fourth-order valence-corrected chi connectivity index (χ4v) is 2.71. The van der Waals surface area contributed by atoms with Crippen molar-refractivity contribution in [3.8, 4) is 11.5 Å². The van der Waals surface area contributed by atoms with Gasteiger partial charge in [-0.25, -0.2) is 4.79 Å². The molecule has 0 saturated heterocycles. The Morgan fingerprint density at radius 2 is 1.52 bits per heavy atom. The smallest absolute Gasteiger partial charge is 0.390 e. The maximum Gasteiger partial charge on any atom is 0.390 e. The number of esters is 1. The minimum atomic E-state index is -1.58. The Bertz CT molecular complexity index is 671. The van der Waals surface area contributed by atoms with Gasteiger partial charge < -0.3 is 9.47 Å². The van der Waals surface area contributed by atoms with E-state index in [0.29, 0.717) is 11.5 Å². The van der Waals surface area contributed by atoms with Crippen molar-refractivity contribution in [3.63, 3.8) is 0 Å². The number of rotatable bonds is 4. The van der Waals surface area contributed by atoms with Crippen LogP contribution < -0.4 is 9.47 Å². The van der Waals surface area contributed by atoms with Gasteiger partial charge in [-0.3, -0.25) is 10.1 Å². The molecule has 1 aliphatic carbocycles. The molecular weight excluding hydrogens is 322 g/mol. The van der Waals surface area contributed by atoms with Gasteiger partial charge >= 0.3 is 11.5 Å². The fourth-order valence-electron chi connectivity index (χ4n) is 2.71. The van der Waals surface area contributed by atoms with E-state index in [4.69, 9.17) is 9.47 Å². The van der Waals surface area contributed by atoms with Crippen LogP contribution in [0.2, 0.25) is 0 Å². The van der Waals surface area contributed by atoms with Crippen LogP contribution in [0.5, 0.6) is 11.5 Å². The lowest BCUT2D eigenvalue weighted by Crippen LogP contribution is -2.36. The van der Waals surface area contributed by atoms with E-state index >= 15 is 0 Å². The molecule has 1 aromatic carbocycles. The van der Waals surface area contributed by atoms with E-state index < -0.39 is 16.4 Å². The maximum absolute atomic E-state index is 12.6. The summed E-state index contributed by atoms with van der Waals surface area (Å²) in [7, 11) is 1.59. The number of methoxy groups -OCH3 is 1. The zero-order valence-corrected chi connectivity index (χ0v) is 16.1. The van der Waals surface area contributed by atoms with Gasteiger partial charge in [0.15, 0.2) is 0 Å². The normalized spacial score (nSPS) is 16.3. The highest BCUT2D eigenvalue weighted by Gasteiger charge is 2.65. The summed E-state index contributed by atoms with van der Waals surface area (Å²) in [6.07, 6.45) is 0.454. The lowest BCUT2D eigenvalue weighted by Gasteiger charge is -2.30. The van der Waals surface area contributed by atoms with Gasteiger partial charge in [-0.2, -0.15) is 0 Å². The van der Waals surface area contributed by atoms with Crippen LogP contribution in [-0.4, -0.2) is 23.5 Å². The van der Waals surface area contributed by atoms with Gasteiger partial charge in [0, 0.05) is 28.9 Å². The first kappa shape index (κ1) is 19.2. The second kappa shape index (κ2) is 6.00. The van der Waals surface area contributed by atoms with Crippen LogP contribution in [0.25, 0.3) is 0 Å². The van der Waals surface area contributed by atoms with Crippen LogP contribution >= 0.6 is 0 Å². The monoisotopic (exact) mass is 349 g/mol. The maximum atomic E-state index is 12.6. The van der Waals surface area contributed by atoms with Crippen LogP contribution in [0.4, 0.5) is 0 Å². The molecule has 1 saturated carbocycles. The quantitative estimate of drug-likeness (QED) is 0.355. The van der Waals surface area contributed by atoms with E-state index in [9.17, 15) is 14.9 Å². The van der Waals surface area contributed by atoms with Crippen LogP contribution in [0.1, 0.15) is 65.5 Å². The predicted octanol–water partition coefficient (Wildman–Crippen LogP) is 4.00. The molecule has 6 nitrogen and oxygen atoms in total.